The molecule has 0 spiro atoms. The van der Waals surface area contributed by atoms with Crippen molar-refractivity contribution < 1.29 is 0 Å². The second-order valence-corrected chi connectivity index (χ2v) is 2.16. The van der Waals surface area contributed by atoms with E-state index >= 15 is 0 Å². The first-order valence-electron chi connectivity index (χ1n) is 3.24. The van der Waals surface area contributed by atoms with Gasteiger partial charge in [0.15, 0.2) is 0 Å². The zero-order valence-corrected chi connectivity index (χ0v) is 5.96. The zero-order valence-electron chi connectivity index (χ0n) is 5.96. The van der Waals surface area contributed by atoms with E-state index in [1.165, 1.54) is 0 Å². The molecule has 1 heterocycles. The largest absolute Gasteiger partial charge is 0.397 e. The van der Waals surface area contributed by atoms with E-state index in [-0.39, 0.29) is 0 Å². The van der Waals surface area contributed by atoms with Crippen molar-refractivity contribution in [2.45, 2.75) is 13.3 Å². The first-order valence-corrected chi connectivity index (χ1v) is 3.24. The van der Waals surface area contributed by atoms with Gasteiger partial charge in [-0.3, -0.25) is 4.98 Å². The van der Waals surface area contributed by atoms with Crippen molar-refractivity contribution in [2.24, 2.45) is 0 Å². The van der Waals surface area contributed by atoms with Crippen LogP contribution in [0, 0.1) is 0 Å². The molecule has 1 rings (SSSR count). The van der Waals surface area contributed by atoms with Crippen LogP contribution < -0.4 is 11.5 Å². The molecule has 54 valence electrons. The summed E-state index contributed by atoms with van der Waals surface area (Å²) in [6.07, 6.45) is 2.48. The van der Waals surface area contributed by atoms with Crippen LogP contribution in [0.5, 0.6) is 0 Å². The predicted molar refractivity (Wildman–Crippen MR) is 42.4 cm³/mol. The minimum Gasteiger partial charge on any atom is -0.397 e. The molecule has 0 atom stereocenters. The Kier molecular flexibility index (Phi) is 1.76. The van der Waals surface area contributed by atoms with Gasteiger partial charge in [-0.1, -0.05) is 6.92 Å². The molecule has 1 aromatic heterocycles. The minimum atomic E-state index is 0.553. The maximum atomic E-state index is 5.53. The Hall–Kier alpha value is -1.25. The molecule has 3 nitrogen and oxygen atoms in total. The Labute approximate surface area is 60.1 Å². The summed E-state index contributed by atoms with van der Waals surface area (Å²) < 4.78 is 0. The van der Waals surface area contributed by atoms with Crippen molar-refractivity contribution >= 4 is 11.4 Å². The number of nitrogens with two attached hydrogens (primary N) is 2. The van der Waals surface area contributed by atoms with Crippen molar-refractivity contribution in [1.29, 1.82) is 0 Å². The monoisotopic (exact) mass is 137 g/mol. The van der Waals surface area contributed by atoms with Gasteiger partial charge in [0, 0.05) is 5.69 Å². The lowest BCUT2D eigenvalue weighted by molar-refractivity contribution is 1.04. The Morgan fingerprint density at radius 3 is 2.60 bits per heavy atom. The van der Waals surface area contributed by atoms with Crippen LogP contribution in [0.15, 0.2) is 12.3 Å². The van der Waals surface area contributed by atoms with E-state index in [1.807, 2.05) is 6.92 Å². The number of rotatable bonds is 1. The number of nitrogens with zero attached hydrogens (tertiary/aromatic N) is 1. The van der Waals surface area contributed by atoms with Gasteiger partial charge in [-0.15, -0.1) is 0 Å². The third kappa shape index (κ3) is 1.18. The number of hydrogen-bond acceptors (Lipinski definition) is 3. The van der Waals surface area contributed by atoms with Crippen LogP contribution in [0.4, 0.5) is 11.4 Å². The smallest absolute Gasteiger partial charge is 0.0734 e. The highest BCUT2D eigenvalue weighted by atomic mass is 14.8. The quantitative estimate of drug-likeness (QED) is 0.602. The number of nitrogen functional groups attached to an aromatic ring is 2. The molecule has 0 unspecified atom stereocenters. The maximum absolute atomic E-state index is 5.53. The van der Waals surface area contributed by atoms with Crippen LogP contribution in [0.2, 0.25) is 0 Å². The van der Waals surface area contributed by atoms with Gasteiger partial charge in [-0.05, 0) is 12.5 Å². The number of hydrogen-bond donors (Lipinski definition) is 2. The van der Waals surface area contributed by atoms with Gasteiger partial charge >= 0.3 is 0 Å². The van der Waals surface area contributed by atoms with Crippen molar-refractivity contribution in [3.05, 3.63) is 18.0 Å². The average molecular weight is 137 g/mol. The fourth-order valence-corrected chi connectivity index (χ4v) is 0.720. The Bertz CT molecular complexity index is 232. The normalized spacial score (nSPS) is 9.70. The molecule has 0 saturated heterocycles. The molecule has 0 saturated carbocycles. The van der Waals surface area contributed by atoms with Gasteiger partial charge in [0.1, 0.15) is 0 Å². The molecule has 3 heteroatoms. The van der Waals surface area contributed by atoms with Gasteiger partial charge in [0.05, 0.1) is 17.6 Å². The number of pyridine rings is 1. The summed E-state index contributed by atoms with van der Waals surface area (Å²) in [4.78, 5) is 4.05. The van der Waals surface area contributed by atoms with Crippen molar-refractivity contribution in [3.8, 4) is 0 Å². The summed E-state index contributed by atoms with van der Waals surface area (Å²) in [5.74, 6) is 0. The fourth-order valence-electron chi connectivity index (χ4n) is 0.720. The lowest BCUT2D eigenvalue weighted by Crippen LogP contribution is -1.97. The van der Waals surface area contributed by atoms with E-state index in [9.17, 15) is 0 Å². The van der Waals surface area contributed by atoms with Crippen molar-refractivity contribution in [1.82, 2.24) is 4.98 Å². The number of anilines is 2. The summed E-state index contributed by atoms with van der Waals surface area (Å²) in [6, 6.07) is 1.80. The first kappa shape index (κ1) is 6.86. The second kappa shape index (κ2) is 2.56. The van der Waals surface area contributed by atoms with Crippen LogP contribution in [-0.4, -0.2) is 4.98 Å². The topological polar surface area (TPSA) is 64.9 Å². The predicted octanol–water partition coefficient (Wildman–Crippen LogP) is 0.808. The number of aromatic nitrogens is 1. The van der Waals surface area contributed by atoms with Gasteiger partial charge < -0.3 is 11.5 Å². The molecule has 0 amide bonds. The molecule has 1 aromatic rings. The SMILES string of the molecule is CCc1cc(N)c(N)cn1. The highest BCUT2D eigenvalue weighted by molar-refractivity contribution is 5.61. The summed E-state index contributed by atoms with van der Waals surface area (Å²) in [7, 11) is 0. The van der Waals surface area contributed by atoms with E-state index in [4.69, 9.17) is 11.5 Å². The van der Waals surface area contributed by atoms with Crippen LogP contribution in [0.3, 0.4) is 0 Å². The lowest BCUT2D eigenvalue weighted by Gasteiger charge is -2.00. The average Bonchev–Trinajstić information content (AvgIpc) is 1.95. The van der Waals surface area contributed by atoms with Crippen LogP contribution in [0.1, 0.15) is 12.6 Å². The van der Waals surface area contributed by atoms with Gasteiger partial charge in [0.25, 0.3) is 0 Å². The second-order valence-electron chi connectivity index (χ2n) is 2.16. The third-order valence-corrected chi connectivity index (χ3v) is 1.39. The Morgan fingerprint density at radius 2 is 2.10 bits per heavy atom. The molecule has 4 N–H and O–H groups in total. The molecular weight excluding hydrogens is 126 g/mol. The Balaban J connectivity index is 3.04. The fraction of sp³-hybridized carbons (Fsp3) is 0.286. The molecule has 0 aromatic carbocycles. The molecule has 0 aliphatic heterocycles. The summed E-state index contributed by atoms with van der Waals surface area (Å²) in [5, 5.41) is 0. The number of aryl methyl sites for hydroxylation is 1. The maximum Gasteiger partial charge on any atom is 0.0734 e. The van der Waals surface area contributed by atoms with Crippen LogP contribution >= 0.6 is 0 Å². The van der Waals surface area contributed by atoms with E-state index in [1.54, 1.807) is 12.3 Å². The van der Waals surface area contributed by atoms with E-state index in [2.05, 4.69) is 4.98 Å². The highest BCUT2D eigenvalue weighted by Gasteiger charge is 1.94. The van der Waals surface area contributed by atoms with Crippen LogP contribution in [-0.2, 0) is 6.42 Å². The molecular formula is C7H11N3. The van der Waals surface area contributed by atoms with Gasteiger partial charge in [-0.2, -0.15) is 0 Å². The first-order chi connectivity index (χ1) is 4.74. The lowest BCUT2D eigenvalue weighted by atomic mass is 10.2. The van der Waals surface area contributed by atoms with Gasteiger partial charge in [-0.25, -0.2) is 0 Å². The molecule has 0 aliphatic carbocycles. The van der Waals surface area contributed by atoms with E-state index in [0.717, 1.165) is 12.1 Å². The van der Waals surface area contributed by atoms with Crippen LogP contribution in [0.25, 0.3) is 0 Å². The molecule has 0 radical (unpaired) electrons. The summed E-state index contributed by atoms with van der Waals surface area (Å²) >= 11 is 0. The molecule has 0 bridgehead atoms. The van der Waals surface area contributed by atoms with E-state index < -0.39 is 0 Å². The third-order valence-electron chi connectivity index (χ3n) is 1.39. The summed E-state index contributed by atoms with van der Waals surface area (Å²) in [5.41, 5.74) is 13.1. The zero-order chi connectivity index (χ0) is 7.56. The van der Waals surface area contributed by atoms with Gasteiger partial charge in [0.2, 0.25) is 0 Å². The van der Waals surface area contributed by atoms with Crippen molar-refractivity contribution in [2.75, 3.05) is 11.5 Å². The minimum absolute atomic E-state index is 0.553. The summed E-state index contributed by atoms with van der Waals surface area (Å²) in [6.45, 7) is 2.03. The highest BCUT2D eigenvalue weighted by Crippen LogP contribution is 2.12. The Morgan fingerprint density at radius 1 is 1.40 bits per heavy atom. The standard InChI is InChI=1S/C7H11N3/c1-2-5-3-6(8)7(9)4-10-5/h3-4H,2,9H2,1H3,(H2,8,10). The van der Waals surface area contributed by atoms with Crippen molar-refractivity contribution in [3.63, 3.8) is 0 Å². The molecule has 0 fully saturated rings. The van der Waals surface area contributed by atoms with E-state index in [0.29, 0.717) is 11.4 Å². The molecule has 0 aliphatic rings. The molecule has 10 heavy (non-hydrogen) atoms.